The lowest BCUT2D eigenvalue weighted by Crippen LogP contribution is -2.29. The van der Waals surface area contributed by atoms with Gasteiger partial charge in [-0.3, -0.25) is 19.7 Å². The van der Waals surface area contributed by atoms with Crippen LogP contribution in [0.5, 0.6) is 5.75 Å². The number of carbonyl (C=O) groups excluding carboxylic acids is 1. The molecule has 0 saturated heterocycles. The lowest BCUT2D eigenvalue weighted by molar-refractivity contribution is -0.385. The van der Waals surface area contributed by atoms with Gasteiger partial charge >= 0.3 is 5.69 Å². The van der Waals surface area contributed by atoms with Gasteiger partial charge in [0.05, 0.1) is 26.5 Å². The fourth-order valence-corrected chi connectivity index (χ4v) is 4.76. The number of nitrogens with one attached hydrogen (secondary N) is 1. The molecule has 0 saturated carbocycles. The molecule has 0 fully saturated rings. The zero-order chi connectivity index (χ0) is 29.2. The lowest BCUT2D eigenvalue weighted by Gasteiger charge is -2.20. The molecule has 3 aromatic carbocycles. The average molecular weight is 692 g/mol. The average Bonchev–Trinajstić information content (AvgIpc) is 2.88. The molecule has 0 bridgehead atoms. The standard InChI is InChI=1S/C27H22Br2ClN5O5/c1-27(2,3)26-33-21-9-4-16(28)12-19(21)25(37)34(26)31-13-15-10-20(29)24(22(11-15)35(38)39)40-14-23(36)32-18-7-5-17(30)6-8-18/h4-13H,14H2,1-3H3,(H,32,36). The van der Waals surface area contributed by atoms with E-state index in [-0.39, 0.29) is 21.5 Å². The van der Waals surface area contributed by atoms with E-state index in [1.54, 1.807) is 42.5 Å². The van der Waals surface area contributed by atoms with Gasteiger partial charge in [-0.1, -0.05) is 48.3 Å². The second-order valence-electron chi connectivity index (χ2n) is 9.66. The zero-order valence-corrected chi connectivity index (χ0v) is 25.4. The van der Waals surface area contributed by atoms with Crippen LogP contribution >= 0.6 is 43.5 Å². The van der Waals surface area contributed by atoms with Crippen molar-refractivity contribution in [2.75, 3.05) is 11.9 Å². The summed E-state index contributed by atoms with van der Waals surface area (Å²) in [7, 11) is 0. The first-order chi connectivity index (χ1) is 18.8. The maximum absolute atomic E-state index is 13.4. The minimum Gasteiger partial charge on any atom is -0.476 e. The van der Waals surface area contributed by atoms with Crippen molar-refractivity contribution in [1.29, 1.82) is 0 Å². The summed E-state index contributed by atoms with van der Waals surface area (Å²) in [5.41, 5.74) is 0.0433. The van der Waals surface area contributed by atoms with Crippen molar-refractivity contribution in [3.05, 3.63) is 100 Å². The van der Waals surface area contributed by atoms with E-state index in [1.807, 2.05) is 20.8 Å². The number of aromatic nitrogens is 2. The third kappa shape index (κ3) is 6.75. The monoisotopic (exact) mass is 689 g/mol. The number of nitrogens with zero attached hydrogens (tertiary/aromatic N) is 4. The predicted octanol–water partition coefficient (Wildman–Crippen LogP) is 6.68. The molecule has 0 aliphatic heterocycles. The molecule has 40 heavy (non-hydrogen) atoms. The highest BCUT2D eigenvalue weighted by molar-refractivity contribution is 9.10. The minimum absolute atomic E-state index is 0.127. The van der Waals surface area contributed by atoms with Gasteiger partial charge in [-0.15, -0.1) is 0 Å². The molecule has 10 nitrogen and oxygen atoms in total. The van der Waals surface area contributed by atoms with E-state index in [2.05, 4.69) is 47.3 Å². The van der Waals surface area contributed by atoms with Gasteiger partial charge in [-0.25, -0.2) is 4.98 Å². The number of benzene rings is 3. The van der Waals surface area contributed by atoms with Crippen LogP contribution in [0.15, 0.2) is 73.4 Å². The molecule has 206 valence electrons. The number of nitro benzene ring substituents is 1. The third-order valence-corrected chi connectivity index (χ3v) is 6.85. The van der Waals surface area contributed by atoms with Crippen molar-refractivity contribution in [2.45, 2.75) is 26.2 Å². The van der Waals surface area contributed by atoms with Crippen molar-refractivity contribution in [3.63, 3.8) is 0 Å². The van der Waals surface area contributed by atoms with Crippen molar-refractivity contribution < 1.29 is 14.5 Å². The van der Waals surface area contributed by atoms with Crippen LogP contribution in [0.25, 0.3) is 10.9 Å². The van der Waals surface area contributed by atoms with Crippen LogP contribution in [0.4, 0.5) is 11.4 Å². The minimum atomic E-state index is -0.629. The Morgan fingerprint density at radius 3 is 2.52 bits per heavy atom. The van der Waals surface area contributed by atoms with Gasteiger partial charge in [0.15, 0.2) is 6.61 Å². The van der Waals surface area contributed by atoms with Gasteiger partial charge in [-0.2, -0.15) is 9.78 Å². The smallest absolute Gasteiger partial charge is 0.312 e. The normalized spacial score (nSPS) is 11.7. The summed E-state index contributed by atoms with van der Waals surface area (Å²) >= 11 is 12.5. The Morgan fingerprint density at radius 2 is 1.88 bits per heavy atom. The van der Waals surface area contributed by atoms with E-state index in [0.717, 1.165) is 4.47 Å². The Bertz CT molecular complexity index is 1720. The maximum atomic E-state index is 13.4. The molecule has 0 unspecified atom stereocenters. The van der Waals surface area contributed by atoms with Crippen LogP contribution < -0.4 is 15.6 Å². The van der Waals surface area contributed by atoms with Crippen LogP contribution in [-0.2, 0) is 10.2 Å². The number of halogens is 3. The molecule has 4 rings (SSSR count). The molecule has 4 aromatic rings. The molecule has 0 spiro atoms. The van der Waals surface area contributed by atoms with Gasteiger partial charge in [0.25, 0.3) is 11.5 Å². The number of nitro groups is 1. The highest BCUT2D eigenvalue weighted by atomic mass is 79.9. The first-order valence-corrected chi connectivity index (χ1v) is 13.7. The number of rotatable bonds is 7. The van der Waals surface area contributed by atoms with Gasteiger partial charge in [-0.05, 0) is 64.5 Å². The number of fused-ring (bicyclic) bond motifs is 1. The predicted molar refractivity (Wildman–Crippen MR) is 162 cm³/mol. The summed E-state index contributed by atoms with van der Waals surface area (Å²) in [6.45, 7) is 5.24. The van der Waals surface area contributed by atoms with Crippen molar-refractivity contribution in [2.24, 2.45) is 5.10 Å². The number of ether oxygens (including phenoxy) is 1. The molecule has 1 aromatic heterocycles. The van der Waals surface area contributed by atoms with Crippen molar-refractivity contribution in [3.8, 4) is 5.75 Å². The van der Waals surface area contributed by atoms with Crippen LogP contribution in [0.3, 0.4) is 0 Å². The molecule has 0 atom stereocenters. The first kappa shape index (κ1) is 29.4. The summed E-state index contributed by atoms with van der Waals surface area (Å²) < 4.78 is 7.65. The second kappa shape index (κ2) is 11.9. The van der Waals surface area contributed by atoms with Crippen LogP contribution in [0.1, 0.15) is 32.2 Å². The van der Waals surface area contributed by atoms with E-state index >= 15 is 0 Å². The molecule has 1 amide bonds. The summed E-state index contributed by atoms with van der Waals surface area (Å²) in [5.74, 6) is -0.222. The second-order valence-corrected chi connectivity index (χ2v) is 11.9. The van der Waals surface area contributed by atoms with Crippen LogP contribution in [-0.4, -0.2) is 33.3 Å². The van der Waals surface area contributed by atoms with Gasteiger partial charge in [0.2, 0.25) is 5.75 Å². The van der Waals surface area contributed by atoms with Gasteiger partial charge < -0.3 is 10.1 Å². The fraction of sp³-hybridized carbons (Fsp3) is 0.185. The van der Waals surface area contributed by atoms with Crippen molar-refractivity contribution in [1.82, 2.24) is 9.66 Å². The summed E-state index contributed by atoms with van der Waals surface area (Å²) in [6.07, 6.45) is 1.33. The molecule has 1 heterocycles. The molecule has 1 N–H and O–H groups in total. The Hall–Kier alpha value is -3.61. The number of hydrogen-bond donors (Lipinski definition) is 1. The quantitative estimate of drug-likeness (QED) is 0.131. The van der Waals surface area contributed by atoms with E-state index in [4.69, 9.17) is 16.3 Å². The third-order valence-electron chi connectivity index (χ3n) is 5.52. The molecule has 0 aliphatic carbocycles. The summed E-state index contributed by atoms with van der Waals surface area (Å²) in [4.78, 5) is 41.6. The molecule has 0 aliphatic rings. The number of anilines is 1. The maximum Gasteiger partial charge on any atom is 0.312 e. The van der Waals surface area contributed by atoms with Gasteiger partial charge in [0.1, 0.15) is 5.82 Å². The van der Waals surface area contributed by atoms with Crippen LogP contribution in [0.2, 0.25) is 5.02 Å². The highest BCUT2D eigenvalue weighted by Gasteiger charge is 2.24. The lowest BCUT2D eigenvalue weighted by atomic mass is 9.95. The highest BCUT2D eigenvalue weighted by Crippen LogP contribution is 2.36. The van der Waals surface area contributed by atoms with Crippen LogP contribution in [0, 0.1) is 10.1 Å². The zero-order valence-electron chi connectivity index (χ0n) is 21.4. The van der Waals surface area contributed by atoms with Gasteiger partial charge in [0, 0.05) is 32.2 Å². The Labute approximate surface area is 250 Å². The molecular weight excluding hydrogens is 670 g/mol. The van der Waals surface area contributed by atoms with E-state index in [0.29, 0.717) is 33.0 Å². The van der Waals surface area contributed by atoms with E-state index < -0.39 is 22.9 Å². The van der Waals surface area contributed by atoms with E-state index in [1.165, 1.54) is 23.0 Å². The SMILES string of the molecule is CC(C)(C)c1nc2ccc(Br)cc2c(=O)n1N=Cc1cc(Br)c(OCC(=O)Nc2ccc(Cl)cc2)c([N+](=O)[O-])c1. The Morgan fingerprint density at radius 1 is 1.18 bits per heavy atom. The summed E-state index contributed by atoms with van der Waals surface area (Å²) in [5, 5.41) is 19.7. The molecule has 0 radical (unpaired) electrons. The fourth-order valence-electron chi connectivity index (χ4n) is 3.69. The topological polar surface area (TPSA) is 129 Å². The number of carbonyl (C=O) groups is 1. The Balaban J connectivity index is 1.65. The molecular formula is C27H22Br2ClN5O5. The summed E-state index contributed by atoms with van der Waals surface area (Å²) in [6, 6.07) is 14.5. The van der Waals surface area contributed by atoms with E-state index in [9.17, 15) is 19.7 Å². The Kier molecular flexibility index (Phi) is 8.71. The molecule has 13 heteroatoms. The largest absolute Gasteiger partial charge is 0.476 e. The number of hydrogen-bond acceptors (Lipinski definition) is 7. The number of amides is 1. The van der Waals surface area contributed by atoms with Crippen molar-refractivity contribution >= 4 is 77.9 Å². The first-order valence-electron chi connectivity index (χ1n) is 11.8.